The van der Waals surface area contributed by atoms with Crippen molar-refractivity contribution in [2.24, 2.45) is 0 Å². The van der Waals surface area contributed by atoms with Crippen LogP contribution in [0.2, 0.25) is 0 Å². The second kappa shape index (κ2) is 8.83. The summed E-state index contributed by atoms with van der Waals surface area (Å²) in [6, 6.07) is 24.0. The molecule has 0 amide bonds. The van der Waals surface area contributed by atoms with Crippen LogP contribution in [0.5, 0.6) is 28.7 Å². The number of phenols is 2. The topological polar surface area (TPSA) is 85.2 Å². The first-order chi connectivity index (χ1) is 16.5. The highest BCUT2D eigenvalue weighted by atomic mass is 16.5. The van der Waals surface area contributed by atoms with Crippen LogP contribution in [-0.4, -0.2) is 28.9 Å². The van der Waals surface area contributed by atoms with E-state index in [4.69, 9.17) is 14.2 Å². The van der Waals surface area contributed by atoms with Crippen molar-refractivity contribution in [1.29, 1.82) is 0 Å². The molecule has 34 heavy (non-hydrogen) atoms. The lowest BCUT2D eigenvalue weighted by atomic mass is 10.00. The van der Waals surface area contributed by atoms with E-state index < -0.39 is 5.97 Å². The van der Waals surface area contributed by atoms with Gasteiger partial charge in [-0.2, -0.15) is 0 Å². The van der Waals surface area contributed by atoms with Crippen molar-refractivity contribution in [2.45, 2.75) is 13.0 Å². The molecular formula is C28H22O6. The average Bonchev–Trinajstić information content (AvgIpc) is 2.83. The number of ether oxygens (including phenoxy) is 3. The fraction of sp³-hybridized carbons (Fsp3) is 0.107. The van der Waals surface area contributed by atoms with Gasteiger partial charge < -0.3 is 24.4 Å². The molecule has 1 heterocycles. The highest BCUT2D eigenvalue weighted by Crippen LogP contribution is 2.48. The van der Waals surface area contributed by atoms with Crippen molar-refractivity contribution in [2.75, 3.05) is 6.61 Å². The molecule has 0 bridgehead atoms. The Morgan fingerprint density at radius 1 is 0.824 bits per heavy atom. The van der Waals surface area contributed by atoms with Gasteiger partial charge in [0.2, 0.25) is 0 Å². The van der Waals surface area contributed by atoms with Crippen LogP contribution in [0, 0.1) is 0 Å². The molecule has 1 atom stereocenters. The molecule has 1 aliphatic heterocycles. The summed E-state index contributed by atoms with van der Waals surface area (Å²) in [5.74, 6) is 0.880. The molecule has 0 saturated carbocycles. The number of carbonyl (C=O) groups is 1. The van der Waals surface area contributed by atoms with Gasteiger partial charge in [0.1, 0.15) is 41.5 Å². The number of esters is 1. The van der Waals surface area contributed by atoms with Crippen molar-refractivity contribution in [3.05, 3.63) is 90.5 Å². The zero-order valence-electron chi connectivity index (χ0n) is 18.4. The van der Waals surface area contributed by atoms with Gasteiger partial charge in [0, 0.05) is 0 Å². The van der Waals surface area contributed by atoms with Gasteiger partial charge in [-0.3, -0.25) is 0 Å². The Labute approximate surface area is 196 Å². The van der Waals surface area contributed by atoms with Crippen molar-refractivity contribution in [3.63, 3.8) is 0 Å². The summed E-state index contributed by atoms with van der Waals surface area (Å²) >= 11 is 0. The normalized spacial score (nSPS) is 14.4. The number of carbonyl (C=O) groups excluding carboxylic acids is 1. The van der Waals surface area contributed by atoms with Crippen molar-refractivity contribution in [1.82, 2.24) is 0 Å². The van der Waals surface area contributed by atoms with Gasteiger partial charge in [-0.05, 0) is 66.6 Å². The predicted octanol–water partition coefficient (Wildman–Crippen LogP) is 5.81. The minimum atomic E-state index is -0.543. The monoisotopic (exact) mass is 454 g/mol. The van der Waals surface area contributed by atoms with E-state index >= 15 is 0 Å². The van der Waals surface area contributed by atoms with Crippen LogP contribution in [-0.2, 0) is 0 Å². The first-order valence-electron chi connectivity index (χ1n) is 10.9. The van der Waals surface area contributed by atoms with Crippen LogP contribution >= 0.6 is 0 Å². The van der Waals surface area contributed by atoms with Gasteiger partial charge in [0.05, 0.1) is 16.7 Å². The number of hydrogen-bond donors (Lipinski definition) is 2. The lowest BCUT2D eigenvalue weighted by Gasteiger charge is -2.25. The lowest BCUT2D eigenvalue weighted by molar-refractivity contribution is 0.0734. The zero-order valence-corrected chi connectivity index (χ0v) is 18.4. The number of rotatable bonds is 3. The van der Waals surface area contributed by atoms with Gasteiger partial charge >= 0.3 is 5.97 Å². The van der Waals surface area contributed by atoms with Gasteiger partial charge in [-0.15, -0.1) is 0 Å². The molecule has 4 aromatic carbocycles. The van der Waals surface area contributed by atoms with E-state index in [1.54, 1.807) is 72.8 Å². The summed E-state index contributed by atoms with van der Waals surface area (Å²) in [4.78, 5) is 13.0. The van der Waals surface area contributed by atoms with E-state index in [-0.39, 0.29) is 23.4 Å². The van der Waals surface area contributed by atoms with Gasteiger partial charge in [-0.25, -0.2) is 4.79 Å². The Morgan fingerprint density at radius 2 is 1.47 bits per heavy atom. The largest absolute Gasteiger partial charge is 0.508 e. The number of phenolic OH excluding ortho intramolecular Hbond substituents is 2. The van der Waals surface area contributed by atoms with Crippen molar-refractivity contribution >= 4 is 5.97 Å². The maximum absolute atomic E-state index is 13.0. The third-order valence-corrected chi connectivity index (χ3v) is 5.57. The second-order valence-corrected chi connectivity index (χ2v) is 8.03. The van der Waals surface area contributed by atoms with Crippen LogP contribution in [0.1, 0.15) is 17.3 Å². The molecule has 0 aliphatic carbocycles. The van der Waals surface area contributed by atoms with E-state index in [0.717, 1.165) is 11.1 Å². The first kappa shape index (κ1) is 21.4. The second-order valence-electron chi connectivity index (χ2n) is 8.03. The fourth-order valence-corrected chi connectivity index (χ4v) is 3.90. The van der Waals surface area contributed by atoms with E-state index in [0.29, 0.717) is 34.8 Å². The molecule has 1 aliphatic rings. The minimum absolute atomic E-state index is 0.00125. The molecule has 6 nitrogen and oxygen atoms in total. The molecule has 0 aromatic heterocycles. The number of benzene rings is 4. The molecule has 4 aromatic rings. The van der Waals surface area contributed by atoms with Gasteiger partial charge in [0.15, 0.2) is 0 Å². The molecule has 170 valence electrons. The molecule has 0 radical (unpaired) electrons. The molecule has 0 saturated heterocycles. The van der Waals surface area contributed by atoms with E-state index in [2.05, 4.69) is 0 Å². The Hall–Kier alpha value is -4.45. The molecule has 2 N–H and O–H groups in total. The van der Waals surface area contributed by atoms with Crippen LogP contribution in [0.15, 0.2) is 84.9 Å². The lowest BCUT2D eigenvalue weighted by Crippen LogP contribution is -2.23. The van der Waals surface area contributed by atoms with Crippen molar-refractivity contribution < 1.29 is 29.2 Å². The molecular weight excluding hydrogens is 432 g/mol. The zero-order chi connectivity index (χ0) is 23.7. The Bertz CT molecular complexity index is 1340. The molecule has 5 rings (SSSR count). The highest BCUT2D eigenvalue weighted by Gasteiger charge is 2.26. The number of aromatic hydroxyl groups is 2. The predicted molar refractivity (Wildman–Crippen MR) is 128 cm³/mol. The molecule has 6 heteroatoms. The van der Waals surface area contributed by atoms with Crippen LogP contribution in [0.4, 0.5) is 0 Å². The maximum atomic E-state index is 13.0. The summed E-state index contributed by atoms with van der Waals surface area (Å²) in [6.45, 7) is 2.19. The number of hydrogen-bond acceptors (Lipinski definition) is 6. The fourth-order valence-electron chi connectivity index (χ4n) is 3.90. The summed E-state index contributed by atoms with van der Waals surface area (Å²) < 4.78 is 17.6. The molecule has 0 unspecified atom stereocenters. The molecule has 0 spiro atoms. The summed E-state index contributed by atoms with van der Waals surface area (Å²) in [6.07, 6.45) is -0.243. The Kier molecular flexibility index (Phi) is 5.55. The minimum Gasteiger partial charge on any atom is -0.508 e. The van der Waals surface area contributed by atoms with Gasteiger partial charge in [-0.1, -0.05) is 36.4 Å². The highest BCUT2D eigenvalue weighted by molar-refractivity contribution is 5.94. The summed E-state index contributed by atoms with van der Waals surface area (Å²) in [5, 5.41) is 20.1. The van der Waals surface area contributed by atoms with E-state index in [9.17, 15) is 15.0 Å². The van der Waals surface area contributed by atoms with E-state index in [1.165, 1.54) is 0 Å². The third kappa shape index (κ3) is 4.13. The summed E-state index contributed by atoms with van der Waals surface area (Å²) in [5.41, 5.74) is 3.06. The van der Waals surface area contributed by atoms with Crippen LogP contribution < -0.4 is 14.2 Å². The SMILES string of the molecule is C[C@@H]1COc2cccc(O)c2-c2c(OC(=O)c3ccc(-c4ccc(O)cc4)cc3)cccc2O1. The number of fused-ring (bicyclic) bond motifs is 3. The Balaban J connectivity index is 1.49. The quantitative estimate of drug-likeness (QED) is 0.300. The van der Waals surface area contributed by atoms with Crippen LogP contribution in [0.3, 0.4) is 0 Å². The maximum Gasteiger partial charge on any atom is 0.343 e. The van der Waals surface area contributed by atoms with Crippen LogP contribution in [0.25, 0.3) is 22.3 Å². The van der Waals surface area contributed by atoms with Gasteiger partial charge in [0.25, 0.3) is 0 Å². The Morgan fingerprint density at radius 3 is 2.21 bits per heavy atom. The molecule has 0 fully saturated rings. The first-order valence-corrected chi connectivity index (χ1v) is 10.9. The van der Waals surface area contributed by atoms with E-state index in [1.807, 2.05) is 19.1 Å². The smallest absolute Gasteiger partial charge is 0.343 e. The standard InChI is InChI=1S/C28H22O6/c1-17-16-32-23-5-2-4-22(30)26(23)27-24(33-17)6-3-7-25(27)34-28(31)20-10-8-18(9-11-20)19-12-14-21(29)15-13-19/h2-15,17,29-30H,16H2,1H3/t17-/m1/s1. The van der Waals surface area contributed by atoms with Crippen molar-refractivity contribution in [3.8, 4) is 51.0 Å². The average molecular weight is 454 g/mol. The summed E-state index contributed by atoms with van der Waals surface area (Å²) in [7, 11) is 0. The third-order valence-electron chi connectivity index (χ3n) is 5.57.